The van der Waals surface area contributed by atoms with Crippen LogP contribution in [0.4, 0.5) is 0 Å². The minimum Gasteiger partial charge on any atom is -0.467 e. The smallest absolute Gasteiger partial charge is 0.253 e. The van der Waals surface area contributed by atoms with E-state index in [2.05, 4.69) is 32.8 Å². The van der Waals surface area contributed by atoms with Crippen molar-refractivity contribution in [3.05, 3.63) is 75.3 Å². The zero-order valence-corrected chi connectivity index (χ0v) is 18.9. The third-order valence-corrected chi connectivity index (χ3v) is 7.75. The molecule has 1 atom stereocenters. The van der Waals surface area contributed by atoms with Crippen LogP contribution in [-0.4, -0.2) is 37.1 Å². The predicted molar refractivity (Wildman–Crippen MR) is 123 cm³/mol. The molecule has 31 heavy (non-hydrogen) atoms. The third-order valence-electron chi connectivity index (χ3n) is 4.93. The van der Waals surface area contributed by atoms with Crippen molar-refractivity contribution in [1.29, 1.82) is 0 Å². The van der Waals surface area contributed by atoms with Crippen molar-refractivity contribution in [2.24, 2.45) is 5.10 Å². The van der Waals surface area contributed by atoms with E-state index < -0.39 is 0 Å². The monoisotopic (exact) mass is 469 g/mol. The molecule has 4 aromatic heterocycles. The predicted octanol–water partition coefficient (Wildman–Crippen LogP) is 4.71. The van der Waals surface area contributed by atoms with Gasteiger partial charge in [-0.25, -0.2) is 5.01 Å². The Morgan fingerprint density at radius 2 is 2.10 bits per heavy atom. The van der Waals surface area contributed by atoms with Gasteiger partial charge < -0.3 is 8.98 Å². The SMILES string of the molecule is O=C(CSc1nncn1CCc1cccs1)N1N=C(c2cccs2)CC1c1ccco1. The van der Waals surface area contributed by atoms with E-state index >= 15 is 0 Å². The van der Waals surface area contributed by atoms with Crippen molar-refractivity contribution in [2.75, 3.05) is 5.75 Å². The molecule has 1 aliphatic heterocycles. The number of nitrogens with zero attached hydrogens (tertiary/aromatic N) is 5. The van der Waals surface area contributed by atoms with Gasteiger partial charge in [0.05, 0.1) is 22.6 Å². The summed E-state index contributed by atoms with van der Waals surface area (Å²) in [4.78, 5) is 15.5. The van der Waals surface area contributed by atoms with Gasteiger partial charge in [-0.2, -0.15) is 5.10 Å². The third kappa shape index (κ3) is 4.51. The van der Waals surface area contributed by atoms with Gasteiger partial charge in [0, 0.05) is 17.8 Å². The Morgan fingerprint density at radius 1 is 1.19 bits per heavy atom. The molecule has 4 aromatic rings. The maximum atomic E-state index is 13.1. The lowest BCUT2D eigenvalue weighted by atomic mass is 10.1. The topological polar surface area (TPSA) is 76.5 Å². The molecule has 0 aliphatic carbocycles. The molecule has 0 saturated heterocycles. The molecule has 7 nitrogen and oxygen atoms in total. The fourth-order valence-corrected chi connectivity index (χ4v) is 5.64. The summed E-state index contributed by atoms with van der Waals surface area (Å²) in [5.74, 6) is 0.898. The summed E-state index contributed by atoms with van der Waals surface area (Å²) >= 11 is 4.75. The van der Waals surface area contributed by atoms with Crippen molar-refractivity contribution in [3.63, 3.8) is 0 Å². The van der Waals surface area contributed by atoms with Crippen LogP contribution < -0.4 is 0 Å². The van der Waals surface area contributed by atoms with Crippen LogP contribution in [0.5, 0.6) is 0 Å². The Hall–Kier alpha value is -2.69. The first-order valence-corrected chi connectivity index (χ1v) is 12.5. The van der Waals surface area contributed by atoms with E-state index in [1.54, 1.807) is 40.3 Å². The highest BCUT2D eigenvalue weighted by atomic mass is 32.2. The molecular formula is C21H19N5O2S3. The van der Waals surface area contributed by atoms with Crippen LogP contribution in [-0.2, 0) is 17.8 Å². The first-order valence-electron chi connectivity index (χ1n) is 9.78. The Kier molecular flexibility index (Phi) is 6.01. The van der Waals surface area contributed by atoms with Gasteiger partial charge in [0.1, 0.15) is 18.1 Å². The summed E-state index contributed by atoms with van der Waals surface area (Å²) < 4.78 is 7.60. The van der Waals surface area contributed by atoms with E-state index in [0.717, 1.165) is 34.5 Å². The van der Waals surface area contributed by atoms with E-state index in [4.69, 9.17) is 4.42 Å². The molecule has 0 spiro atoms. The van der Waals surface area contributed by atoms with Gasteiger partial charge in [0.25, 0.3) is 5.91 Å². The fraction of sp³-hybridized carbons (Fsp3) is 0.238. The van der Waals surface area contributed by atoms with E-state index in [-0.39, 0.29) is 17.7 Å². The van der Waals surface area contributed by atoms with Crippen LogP contribution in [0.1, 0.15) is 28.0 Å². The molecule has 5 rings (SSSR count). The molecule has 10 heteroatoms. The molecule has 0 saturated carbocycles. The highest BCUT2D eigenvalue weighted by Gasteiger charge is 2.35. The Balaban J connectivity index is 1.27. The molecule has 0 bridgehead atoms. The van der Waals surface area contributed by atoms with Crippen molar-refractivity contribution in [3.8, 4) is 0 Å². The van der Waals surface area contributed by atoms with E-state index in [1.807, 2.05) is 34.2 Å². The molecular weight excluding hydrogens is 450 g/mol. The fourth-order valence-electron chi connectivity index (χ4n) is 3.42. The van der Waals surface area contributed by atoms with Gasteiger partial charge >= 0.3 is 0 Å². The van der Waals surface area contributed by atoms with Gasteiger partial charge in [-0.05, 0) is 41.4 Å². The van der Waals surface area contributed by atoms with Gasteiger partial charge in [-0.15, -0.1) is 32.9 Å². The number of carbonyl (C=O) groups is 1. The maximum Gasteiger partial charge on any atom is 0.253 e. The van der Waals surface area contributed by atoms with E-state index in [0.29, 0.717) is 6.42 Å². The molecule has 1 unspecified atom stereocenters. The number of furan rings is 1. The summed E-state index contributed by atoms with van der Waals surface area (Å²) in [6.45, 7) is 0.781. The zero-order valence-electron chi connectivity index (χ0n) is 16.5. The Labute approximate surface area is 191 Å². The molecule has 5 heterocycles. The first-order chi connectivity index (χ1) is 15.3. The van der Waals surface area contributed by atoms with Gasteiger partial charge in [0.2, 0.25) is 0 Å². The summed E-state index contributed by atoms with van der Waals surface area (Å²) in [7, 11) is 0. The second-order valence-corrected chi connectivity index (χ2v) is 9.85. The second-order valence-electron chi connectivity index (χ2n) is 6.92. The second kappa shape index (κ2) is 9.21. The average Bonchev–Trinajstić information content (AvgIpc) is 3.62. The highest BCUT2D eigenvalue weighted by Crippen LogP contribution is 2.34. The molecule has 0 radical (unpaired) electrons. The van der Waals surface area contributed by atoms with Crippen LogP contribution >= 0.6 is 34.4 Å². The number of rotatable bonds is 8. The number of aromatic nitrogens is 3. The molecule has 0 N–H and O–H groups in total. The van der Waals surface area contributed by atoms with Gasteiger partial charge in [0.15, 0.2) is 5.16 Å². The van der Waals surface area contributed by atoms with Crippen LogP contribution in [0.15, 0.2) is 74.4 Å². The van der Waals surface area contributed by atoms with Crippen LogP contribution in [0.3, 0.4) is 0 Å². The van der Waals surface area contributed by atoms with E-state index in [1.165, 1.54) is 16.6 Å². The number of carbonyl (C=O) groups excluding carboxylic acids is 1. The van der Waals surface area contributed by atoms with Crippen LogP contribution in [0, 0.1) is 0 Å². The molecule has 0 aromatic carbocycles. The summed E-state index contributed by atoms with van der Waals surface area (Å²) in [5, 5.41) is 19.3. The number of thiophene rings is 2. The minimum absolute atomic E-state index is 0.0780. The molecule has 158 valence electrons. The Bertz CT molecular complexity index is 1150. The van der Waals surface area contributed by atoms with Crippen LogP contribution in [0.25, 0.3) is 0 Å². The average molecular weight is 470 g/mol. The highest BCUT2D eigenvalue weighted by molar-refractivity contribution is 7.99. The van der Waals surface area contributed by atoms with E-state index in [9.17, 15) is 4.79 Å². The lowest BCUT2D eigenvalue weighted by Crippen LogP contribution is -2.28. The molecule has 1 amide bonds. The summed E-state index contributed by atoms with van der Waals surface area (Å²) in [5.41, 5.74) is 0.911. The maximum absolute atomic E-state index is 13.1. The Morgan fingerprint density at radius 3 is 2.87 bits per heavy atom. The zero-order chi connectivity index (χ0) is 21.0. The van der Waals surface area contributed by atoms with Gasteiger partial charge in [-0.1, -0.05) is 23.9 Å². The quantitative estimate of drug-likeness (QED) is 0.350. The molecule has 1 aliphatic rings. The lowest BCUT2D eigenvalue weighted by molar-refractivity contribution is -0.130. The van der Waals surface area contributed by atoms with Crippen molar-refractivity contribution in [1.82, 2.24) is 19.8 Å². The number of hydrazone groups is 1. The lowest BCUT2D eigenvalue weighted by Gasteiger charge is -2.19. The normalized spacial score (nSPS) is 16.1. The largest absolute Gasteiger partial charge is 0.467 e. The number of aryl methyl sites for hydroxylation is 2. The van der Waals surface area contributed by atoms with Crippen LogP contribution in [0.2, 0.25) is 0 Å². The van der Waals surface area contributed by atoms with Gasteiger partial charge in [-0.3, -0.25) is 4.79 Å². The standard InChI is InChI=1S/C21H19N5O2S3/c27-20(13-31-21-23-22-14-25(21)8-7-15-4-2-10-29-15)26-17(18-5-1-9-28-18)12-16(24-26)19-6-3-11-30-19/h1-6,9-11,14,17H,7-8,12-13H2. The summed E-state index contributed by atoms with van der Waals surface area (Å²) in [6.07, 6.45) is 4.90. The van der Waals surface area contributed by atoms with Crippen molar-refractivity contribution in [2.45, 2.75) is 30.6 Å². The number of hydrogen-bond donors (Lipinski definition) is 0. The number of hydrogen-bond acceptors (Lipinski definition) is 8. The first kappa shape index (κ1) is 20.2. The molecule has 0 fully saturated rings. The van der Waals surface area contributed by atoms with Crippen molar-refractivity contribution < 1.29 is 9.21 Å². The summed E-state index contributed by atoms with van der Waals surface area (Å²) in [6, 6.07) is 11.7. The number of amides is 1. The minimum atomic E-state index is -0.225. The number of thioether (sulfide) groups is 1. The van der Waals surface area contributed by atoms with Crippen molar-refractivity contribution >= 4 is 46.1 Å².